The van der Waals surface area contributed by atoms with Crippen LogP contribution in [0.15, 0.2) is 44.2 Å². The molecule has 0 saturated carbocycles. The van der Waals surface area contributed by atoms with Gasteiger partial charge in [0.2, 0.25) is 5.91 Å². The zero-order valence-corrected chi connectivity index (χ0v) is 30.5. The maximum Gasteiger partial charge on any atom is 0.508 e. The zero-order valence-electron chi connectivity index (χ0n) is 28.8. The molecule has 8 unspecified atom stereocenters. The van der Waals surface area contributed by atoms with Gasteiger partial charge in [-0.3, -0.25) is 33.5 Å². The van der Waals surface area contributed by atoms with Gasteiger partial charge in [0.25, 0.3) is 11.1 Å². The van der Waals surface area contributed by atoms with Crippen LogP contribution in [0.4, 0.5) is 4.79 Å². The molecule has 5 rings (SSSR count). The zero-order chi connectivity index (χ0) is 37.7. The molecule has 5 heterocycles. The second-order valence-corrected chi connectivity index (χ2v) is 15.5. The summed E-state index contributed by atoms with van der Waals surface area (Å²) in [6.07, 6.45) is -1.67. The summed E-state index contributed by atoms with van der Waals surface area (Å²) in [4.78, 5) is 80.1. The molecule has 3 aliphatic rings. The number of aromatic nitrogens is 4. The number of nitrogens with one attached hydrogen (secondary N) is 2. The van der Waals surface area contributed by atoms with Gasteiger partial charge < -0.3 is 42.5 Å². The molecule has 0 spiro atoms. The third-order valence-corrected chi connectivity index (χ3v) is 11.2. The summed E-state index contributed by atoms with van der Waals surface area (Å²) in [5, 5.41) is 10.2. The lowest BCUT2D eigenvalue weighted by atomic mass is 10.2. The normalized spacial score (nSPS) is 27.0. The minimum atomic E-state index is -3.84. The van der Waals surface area contributed by atoms with Gasteiger partial charge in [0.05, 0.1) is 32.0 Å². The molecule has 3 fully saturated rings. The number of aliphatic hydroxyl groups is 1. The number of hydrogen-bond donors (Lipinski definition) is 3. The minimum Gasteiger partial charge on any atom is -0.430 e. The Hall–Kier alpha value is -3.75. The quantitative estimate of drug-likeness (QED) is 0.136. The Morgan fingerprint density at radius 1 is 0.981 bits per heavy atom. The number of aryl methyl sites for hydroxylation is 2. The van der Waals surface area contributed by atoms with Crippen LogP contribution in [-0.2, 0) is 49.1 Å². The van der Waals surface area contributed by atoms with E-state index in [1.807, 2.05) is 0 Å². The summed E-state index contributed by atoms with van der Waals surface area (Å²) in [5.41, 5.74) is -2.10. The van der Waals surface area contributed by atoms with Crippen molar-refractivity contribution in [2.24, 2.45) is 0 Å². The standard InChI is InChI=1S/C31H42N5O14PS/c1-5-9-44-31(43)49-21-10-25(35-12-17(2)27(39)32-29(35)41)48-24(21)16-46-51(52,45-15-20-7-6-8-34(20)19(4)38)50-22-11-26(47-23(22)14-37)36-13-18(3)28(40)33-30(36)42/h5,12-13,20-26,37H,1,6-11,14-16H2,2-4H3,(H,32,39,41)(H,33,40,42). The average molecular weight is 772 g/mol. The summed E-state index contributed by atoms with van der Waals surface area (Å²) >= 11 is 5.88. The van der Waals surface area contributed by atoms with E-state index in [0.717, 1.165) is 11.0 Å². The van der Waals surface area contributed by atoms with E-state index < -0.39 is 78.9 Å². The Balaban J connectivity index is 1.39. The molecule has 19 nitrogen and oxygen atoms in total. The molecule has 0 radical (unpaired) electrons. The Morgan fingerprint density at radius 3 is 2.13 bits per heavy atom. The third kappa shape index (κ3) is 9.24. The molecule has 0 bridgehead atoms. The number of amides is 1. The summed E-state index contributed by atoms with van der Waals surface area (Å²) < 4.78 is 43.6. The fourth-order valence-electron chi connectivity index (χ4n) is 6.21. The van der Waals surface area contributed by atoms with E-state index in [2.05, 4.69) is 16.5 Å². The van der Waals surface area contributed by atoms with Crippen molar-refractivity contribution >= 4 is 30.6 Å². The summed E-state index contributed by atoms with van der Waals surface area (Å²) in [6, 6.07) is -0.325. The van der Waals surface area contributed by atoms with Crippen molar-refractivity contribution in [3.63, 3.8) is 0 Å². The lowest BCUT2D eigenvalue weighted by Gasteiger charge is -2.30. The molecule has 52 heavy (non-hydrogen) atoms. The Labute approximate surface area is 301 Å². The second kappa shape index (κ2) is 16.9. The first-order valence-electron chi connectivity index (χ1n) is 16.6. The van der Waals surface area contributed by atoms with Crippen LogP contribution in [0.2, 0.25) is 0 Å². The van der Waals surface area contributed by atoms with Gasteiger partial charge in [-0.1, -0.05) is 12.7 Å². The fourth-order valence-corrected chi connectivity index (χ4v) is 8.34. The highest BCUT2D eigenvalue weighted by Crippen LogP contribution is 2.54. The average Bonchev–Trinajstić information content (AvgIpc) is 3.84. The van der Waals surface area contributed by atoms with Crippen LogP contribution in [0, 0.1) is 13.8 Å². The number of likely N-dealkylation sites (tertiary alicyclic amines) is 1. The van der Waals surface area contributed by atoms with E-state index in [1.165, 1.54) is 43.8 Å². The predicted molar refractivity (Wildman–Crippen MR) is 184 cm³/mol. The van der Waals surface area contributed by atoms with Gasteiger partial charge in [-0.25, -0.2) is 14.4 Å². The minimum absolute atomic E-state index is 0.00207. The first-order chi connectivity index (χ1) is 24.7. The van der Waals surface area contributed by atoms with Crippen LogP contribution in [0.5, 0.6) is 0 Å². The molecule has 21 heteroatoms. The molecule has 0 aliphatic carbocycles. The van der Waals surface area contributed by atoms with Crippen molar-refractivity contribution in [2.45, 2.75) is 89.4 Å². The number of nitrogens with zero attached hydrogens (tertiary/aromatic N) is 3. The molecule has 3 aliphatic heterocycles. The molecular weight excluding hydrogens is 729 g/mol. The van der Waals surface area contributed by atoms with E-state index in [4.69, 9.17) is 44.3 Å². The monoisotopic (exact) mass is 771 g/mol. The van der Waals surface area contributed by atoms with Crippen LogP contribution in [-0.4, -0.2) is 105 Å². The molecule has 3 N–H and O–H groups in total. The first-order valence-corrected chi connectivity index (χ1v) is 19.1. The van der Waals surface area contributed by atoms with E-state index in [9.17, 15) is 33.9 Å². The van der Waals surface area contributed by atoms with Crippen LogP contribution >= 0.6 is 6.72 Å². The van der Waals surface area contributed by atoms with Gasteiger partial charge in [-0.05, 0) is 38.5 Å². The van der Waals surface area contributed by atoms with E-state index in [0.29, 0.717) is 13.0 Å². The van der Waals surface area contributed by atoms with Crippen LogP contribution in [0.25, 0.3) is 0 Å². The maximum absolute atomic E-state index is 12.7. The van der Waals surface area contributed by atoms with Crippen LogP contribution in [0.3, 0.4) is 0 Å². The van der Waals surface area contributed by atoms with Gasteiger partial charge in [0.15, 0.2) is 0 Å². The highest BCUT2D eigenvalue weighted by molar-refractivity contribution is 8.07. The fraction of sp³-hybridized carbons (Fsp3) is 0.613. The number of H-pyrrole nitrogens is 2. The van der Waals surface area contributed by atoms with E-state index >= 15 is 0 Å². The molecule has 286 valence electrons. The number of ether oxygens (including phenoxy) is 4. The van der Waals surface area contributed by atoms with Gasteiger partial charge in [0.1, 0.15) is 37.4 Å². The summed E-state index contributed by atoms with van der Waals surface area (Å²) in [7, 11) is 0. The number of rotatable bonds is 14. The van der Waals surface area contributed by atoms with Gasteiger partial charge in [-0.15, -0.1) is 0 Å². The Bertz CT molecular complexity index is 1930. The van der Waals surface area contributed by atoms with Crippen molar-refractivity contribution < 1.29 is 47.2 Å². The van der Waals surface area contributed by atoms with Crippen molar-refractivity contribution in [1.82, 2.24) is 24.0 Å². The molecular formula is C31H42N5O14PS. The van der Waals surface area contributed by atoms with Crippen molar-refractivity contribution in [1.29, 1.82) is 0 Å². The molecule has 8 atom stereocenters. The molecule has 2 aromatic rings. The van der Waals surface area contributed by atoms with Gasteiger partial charge in [-0.2, -0.15) is 0 Å². The molecule has 3 saturated heterocycles. The van der Waals surface area contributed by atoms with E-state index in [1.54, 1.807) is 4.90 Å². The highest BCUT2D eigenvalue weighted by atomic mass is 32.5. The van der Waals surface area contributed by atoms with Crippen LogP contribution in [0.1, 0.15) is 56.2 Å². The summed E-state index contributed by atoms with van der Waals surface area (Å²) in [6.45, 7) is 3.59. The maximum atomic E-state index is 12.7. The third-order valence-electron chi connectivity index (χ3n) is 8.89. The number of carbonyl (C=O) groups is 2. The predicted octanol–water partition coefficient (Wildman–Crippen LogP) is 0.633. The van der Waals surface area contributed by atoms with Crippen LogP contribution < -0.4 is 22.5 Å². The number of carbonyl (C=O) groups excluding carboxylic acids is 2. The van der Waals surface area contributed by atoms with Gasteiger partial charge >= 0.3 is 24.3 Å². The number of aromatic amines is 2. The van der Waals surface area contributed by atoms with Crippen molar-refractivity contribution in [3.8, 4) is 0 Å². The first kappa shape index (κ1) is 39.5. The Morgan fingerprint density at radius 2 is 1.56 bits per heavy atom. The SMILES string of the molecule is C=CCOC(=O)OC1CC(n2cc(C)c(=O)[nH]c2=O)OC1COP(=S)(OCC1CCCN1C(C)=O)OC1CC(n2cc(C)c(=O)[nH]c2=O)OC1CO. The number of aliphatic hydroxyl groups excluding tert-OH is 1. The van der Waals surface area contributed by atoms with E-state index in [-0.39, 0.29) is 55.7 Å². The molecule has 1 amide bonds. The molecule has 2 aromatic heterocycles. The lowest BCUT2D eigenvalue weighted by molar-refractivity contribution is -0.130. The highest BCUT2D eigenvalue weighted by Gasteiger charge is 2.45. The Kier molecular flexibility index (Phi) is 12.9. The lowest BCUT2D eigenvalue weighted by Crippen LogP contribution is -2.37. The smallest absolute Gasteiger partial charge is 0.430 e. The number of hydrogen-bond acceptors (Lipinski definition) is 15. The summed E-state index contributed by atoms with van der Waals surface area (Å²) in [5.74, 6) is -0.142. The van der Waals surface area contributed by atoms with Gasteiger partial charge in [0, 0.05) is 49.8 Å². The topological polar surface area (TPSA) is 232 Å². The largest absolute Gasteiger partial charge is 0.508 e. The second-order valence-electron chi connectivity index (χ2n) is 12.6. The van der Waals surface area contributed by atoms with Crippen molar-refractivity contribution in [3.05, 3.63) is 77.9 Å². The van der Waals surface area contributed by atoms with Crippen molar-refractivity contribution in [2.75, 3.05) is 33.0 Å². The molecule has 0 aromatic carbocycles.